The van der Waals surface area contributed by atoms with E-state index in [1.807, 2.05) is 6.26 Å². The lowest BCUT2D eigenvalue weighted by Gasteiger charge is -2.24. The van der Waals surface area contributed by atoms with Gasteiger partial charge in [-0.3, -0.25) is 9.48 Å². The Morgan fingerprint density at radius 2 is 2.03 bits per heavy atom. The van der Waals surface area contributed by atoms with Gasteiger partial charge in [0.05, 0.1) is 16.4 Å². The van der Waals surface area contributed by atoms with E-state index in [0.29, 0.717) is 40.6 Å². The van der Waals surface area contributed by atoms with E-state index in [2.05, 4.69) is 20.4 Å². The number of hydrogen-bond acceptors (Lipinski definition) is 7. The first-order valence-electron chi connectivity index (χ1n) is 11.4. The highest BCUT2D eigenvalue weighted by molar-refractivity contribution is 7.98. The van der Waals surface area contributed by atoms with E-state index in [1.54, 1.807) is 19.3 Å². The van der Waals surface area contributed by atoms with E-state index in [0.717, 1.165) is 12.8 Å². The monoisotopic (exact) mass is 516 g/mol. The van der Waals surface area contributed by atoms with Crippen LogP contribution in [0.2, 0.25) is 5.02 Å². The van der Waals surface area contributed by atoms with Crippen molar-refractivity contribution >= 4 is 40.8 Å². The summed E-state index contributed by atoms with van der Waals surface area (Å²) in [5.41, 5.74) is 7.29. The first kappa shape index (κ1) is 24.0. The molecule has 4 N–H and O–H groups in total. The summed E-state index contributed by atoms with van der Waals surface area (Å²) >= 11 is 7.31. The van der Waals surface area contributed by atoms with Crippen LogP contribution >= 0.6 is 23.4 Å². The van der Waals surface area contributed by atoms with Crippen LogP contribution in [0.3, 0.4) is 0 Å². The van der Waals surface area contributed by atoms with Gasteiger partial charge >= 0.3 is 0 Å². The van der Waals surface area contributed by atoms with Crippen molar-refractivity contribution in [1.29, 1.82) is 0 Å². The third kappa shape index (κ3) is 4.39. The molecule has 0 saturated heterocycles. The molecule has 2 unspecified atom stereocenters. The molecule has 1 aromatic carbocycles. The van der Waals surface area contributed by atoms with Crippen molar-refractivity contribution in [2.24, 2.45) is 18.9 Å². The van der Waals surface area contributed by atoms with E-state index >= 15 is 0 Å². The fraction of sp³-hybridized carbons (Fsp3) is 0.417. The number of nitrogen functional groups attached to an aromatic ring is 1. The molecule has 1 amide bonds. The number of carbonyl (C=O) groups excluding carboxylic acids is 1. The third-order valence-electron chi connectivity index (χ3n) is 7.24. The lowest BCUT2D eigenvalue weighted by Crippen LogP contribution is -2.25. The highest BCUT2D eigenvalue weighted by Crippen LogP contribution is 2.56. The van der Waals surface area contributed by atoms with Crippen LogP contribution in [0.25, 0.3) is 0 Å². The van der Waals surface area contributed by atoms with Crippen molar-refractivity contribution < 1.29 is 14.3 Å². The number of aliphatic hydroxyl groups is 1. The Morgan fingerprint density at radius 1 is 1.31 bits per heavy atom. The number of rotatable bonds is 5. The molecule has 2 heterocycles. The quantitative estimate of drug-likeness (QED) is 0.340. The molecular formula is C24H26ClFN6O2S. The van der Waals surface area contributed by atoms with Gasteiger partial charge in [0.15, 0.2) is 5.16 Å². The molecule has 11 heteroatoms. The second-order valence-corrected chi connectivity index (χ2v) is 10.6. The lowest BCUT2D eigenvalue weighted by molar-refractivity contribution is 0.0293. The molecule has 2 aliphatic carbocycles. The Balaban J connectivity index is 1.35. The Bertz CT molecular complexity index is 1290. The van der Waals surface area contributed by atoms with Crippen LogP contribution < -0.4 is 11.1 Å². The topological polar surface area (TPSA) is 119 Å². The molecule has 0 bridgehead atoms. The molecule has 2 aliphatic rings. The van der Waals surface area contributed by atoms with E-state index in [-0.39, 0.29) is 28.6 Å². The van der Waals surface area contributed by atoms with E-state index in [1.165, 1.54) is 34.6 Å². The first-order chi connectivity index (χ1) is 16.7. The van der Waals surface area contributed by atoms with Crippen LogP contribution in [0.4, 0.5) is 15.9 Å². The van der Waals surface area contributed by atoms with Crippen LogP contribution in [0, 0.1) is 17.7 Å². The van der Waals surface area contributed by atoms with Crippen molar-refractivity contribution in [3.8, 4) is 0 Å². The number of hydrogen-bond donors (Lipinski definition) is 3. The van der Waals surface area contributed by atoms with Crippen LogP contribution in [0.1, 0.15) is 53.3 Å². The maximum atomic E-state index is 13.5. The number of nitrogens with two attached hydrogens (primary N) is 1. The van der Waals surface area contributed by atoms with Gasteiger partial charge in [0.2, 0.25) is 0 Å². The molecule has 5 rings (SSSR count). The molecule has 184 valence electrons. The molecule has 2 atom stereocenters. The number of benzene rings is 1. The SMILES string of the molecule is CSc1nccc(C2(O)CC3CC(c4nn(C)c(N)c4C(=O)Nc4ccc(F)c(Cl)c4)CC3C2)n1. The van der Waals surface area contributed by atoms with Crippen LogP contribution in [-0.2, 0) is 12.6 Å². The molecule has 0 radical (unpaired) electrons. The van der Waals surface area contributed by atoms with Gasteiger partial charge in [0, 0.05) is 24.8 Å². The predicted octanol–water partition coefficient (Wildman–Crippen LogP) is 4.35. The van der Waals surface area contributed by atoms with Crippen LogP contribution in [0.15, 0.2) is 35.6 Å². The summed E-state index contributed by atoms with van der Waals surface area (Å²) in [5.74, 6) is -0.0872. The summed E-state index contributed by atoms with van der Waals surface area (Å²) in [6.07, 6.45) is 6.42. The van der Waals surface area contributed by atoms with Gasteiger partial charge in [-0.15, -0.1) is 0 Å². The van der Waals surface area contributed by atoms with Gasteiger partial charge in [-0.05, 0) is 68.0 Å². The number of fused-ring (bicyclic) bond motifs is 1. The summed E-state index contributed by atoms with van der Waals surface area (Å²) in [4.78, 5) is 21.9. The minimum absolute atomic E-state index is 0.0442. The highest BCUT2D eigenvalue weighted by Gasteiger charge is 2.51. The Hall–Kier alpha value is -2.69. The molecule has 2 fully saturated rings. The molecule has 2 aromatic heterocycles. The van der Waals surface area contributed by atoms with Crippen LogP contribution in [0.5, 0.6) is 0 Å². The molecule has 8 nitrogen and oxygen atoms in total. The molecular weight excluding hydrogens is 491 g/mol. The number of anilines is 2. The smallest absolute Gasteiger partial charge is 0.261 e. The fourth-order valence-electron chi connectivity index (χ4n) is 5.64. The maximum Gasteiger partial charge on any atom is 0.261 e. The fourth-order valence-corrected chi connectivity index (χ4v) is 6.17. The zero-order chi connectivity index (χ0) is 24.9. The second-order valence-electron chi connectivity index (χ2n) is 9.41. The minimum Gasteiger partial charge on any atom is -0.384 e. The summed E-state index contributed by atoms with van der Waals surface area (Å²) in [5, 5.41) is 19.3. The Labute approximate surface area is 211 Å². The van der Waals surface area contributed by atoms with Gasteiger partial charge in [-0.2, -0.15) is 5.10 Å². The van der Waals surface area contributed by atoms with Crippen molar-refractivity contribution in [3.63, 3.8) is 0 Å². The predicted molar refractivity (Wildman–Crippen MR) is 133 cm³/mol. The lowest BCUT2D eigenvalue weighted by atomic mass is 9.89. The largest absolute Gasteiger partial charge is 0.384 e. The van der Waals surface area contributed by atoms with Crippen molar-refractivity contribution in [3.05, 3.63) is 58.3 Å². The number of halogens is 2. The third-order valence-corrected chi connectivity index (χ3v) is 8.10. The number of aromatic nitrogens is 4. The molecule has 0 spiro atoms. The van der Waals surface area contributed by atoms with Crippen molar-refractivity contribution in [1.82, 2.24) is 19.7 Å². The Morgan fingerprint density at radius 3 is 2.69 bits per heavy atom. The van der Waals surface area contributed by atoms with Crippen molar-refractivity contribution in [2.75, 3.05) is 17.3 Å². The number of carbonyl (C=O) groups is 1. The average Bonchev–Trinajstić information content (AvgIpc) is 3.46. The number of nitrogens with zero attached hydrogens (tertiary/aromatic N) is 4. The molecule has 3 aromatic rings. The molecule has 0 aliphatic heterocycles. The summed E-state index contributed by atoms with van der Waals surface area (Å²) in [6.45, 7) is 0. The normalized spacial score (nSPS) is 25.6. The minimum atomic E-state index is -0.973. The van der Waals surface area contributed by atoms with Gasteiger partial charge in [0.25, 0.3) is 5.91 Å². The number of aryl methyl sites for hydroxylation is 1. The van der Waals surface area contributed by atoms with Gasteiger partial charge in [-0.1, -0.05) is 23.4 Å². The molecule has 2 saturated carbocycles. The van der Waals surface area contributed by atoms with Crippen LogP contribution in [-0.4, -0.2) is 37.0 Å². The number of nitrogens with one attached hydrogen (secondary N) is 1. The standard InChI is InChI=1S/C24H26ClFN6O2S/c1-32-21(27)19(22(33)29-15-3-4-17(26)16(25)9-15)20(31-32)12-7-13-10-24(34,11-14(13)8-12)18-5-6-28-23(30-18)35-2/h3-6,9,12-14,34H,7-8,10-11,27H2,1-2H3,(H,29,33). The average molecular weight is 517 g/mol. The summed E-state index contributed by atoms with van der Waals surface area (Å²) < 4.78 is 15.0. The molecule has 35 heavy (non-hydrogen) atoms. The van der Waals surface area contributed by atoms with E-state index in [4.69, 9.17) is 17.3 Å². The zero-order valence-electron chi connectivity index (χ0n) is 19.3. The van der Waals surface area contributed by atoms with Crippen molar-refractivity contribution in [2.45, 2.75) is 42.4 Å². The number of thioether (sulfide) groups is 1. The van der Waals surface area contributed by atoms with Gasteiger partial charge < -0.3 is 16.2 Å². The maximum absolute atomic E-state index is 13.5. The Kier molecular flexibility index (Phi) is 6.23. The zero-order valence-corrected chi connectivity index (χ0v) is 20.9. The second kappa shape index (κ2) is 9.07. The van der Waals surface area contributed by atoms with E-state index in [9.17, 15) is 14.3 Å². The van der Waals surface area contributed by atoms with E-state index < -0.39 is 17.3 Å². The summed E-state index contributed by atoms with van der Waals surface area (Å²) in [6, 6.07) is 5.80. The highest BCUT2D eigenvalue weighted by atomic mass is 35.5. The number of amides is 1. The van der Waals surface area contributed by atoms with Gasteiger partial charge in [0.1, 0.15) is 22.8 Å². The summed E-state index contributed by atoms with van der Waals surface area (Å²) in [7, 11) is 1.71. The first-order valence-corrected chi connectivity index (χ1v) is 13.0. The van der Waals surface area contributed by atoms with Gasteiger partial charge in [-0.25, -0.2) is 14.4 Å².